The van der Waals surface area contributed by atoms with Crippen LogP contribution in [0.25, 0.3) is 17.2 Å². The first-order chi connectivity index (χ1) is 17.7. The van der Waals surface area contributed by atoms with Gasteiger partial charge in [-0.3, -0.25) is 4.57 Å². The molecule has 0 saturated heterocycles. The molecule has 0 fully saturated rings. The van der Waals surface area contributed by atoms with Gasteiger partial charge in [-0.05, 0) is 25.1 Å². The number of benzene rings is 1. The molecule has 0 unspecified atom stereocenters. The fourth-order valence-corrected chi connectivity index (χ4v) is 5.19. The van der Waals surface area contributed by atoms with E-state index in [9.17, 15) is 13.5 Å². The van der Waals surface area contributed by atoms with Crippen LogP contribution in [0.5, 0.6) is 17.4 Å². The lowest BCUT2D eigenvalue weighted by Gasteiger charge is -2.20. The lowest BCUT2D eigenvalue weighted by atomic mass is 10.2. The van der Waals surface area contributed by atoms with Crippen LogP contribution in [0.1, 0.15) is 24.5 Å². The minimum Gasteiger partial charge on any atom is -0.494 e. The van der Waals surface area contributed by atoms with Crippen LogP contribution in [0.2, 0.25) is 0 Å². The van der Waals surface area contributed by atoms with Gasteiger partial charge in [0.2, 0.25) is 5.88 Å². The first kappa shape index (κ1) is 26.1. The van der Waals surface area contributed by atoms with Crippen molar-refractivity contribution in [3.05, 3.63) is 60.4 Å². The van der Waals surface area contributed by atoms with Crippen LogP contribution in [-0.4, -0.2) is 69.4 Å². The summed E-state index contributed by atoms with van der Waals surface area (Å²) in [5.74, 6) is 0.968. The van der Waals surface area contributed by atoms with Crippen molar-refractivity contribution in [2.75, 3.05) is 21.3 Å². The van der Waals surface area contributed by atoms with Gasteiger partial charge < -0.3 is 23.9 Å². The van der Waals surface area contributed by atoms with E-state index in [1.165, 1.54) is 39.1 Å². The molecule has 196 valence electrons. The molecule has 1 aromatic carbocycles. The Morgan fingerprint density at radius 2 is 1.68 bits per heavy atom. The number of pyridine rings is 1. The Morgan fingerprint density at radius 1 is 1.00 bits per heavy atom. The molecule has 0 aliphatic heterocycles. The van der Waals surface area contributed by atoms with Crippen molar-refractivity contribution in [3.63, 3.8) is 0 Å². The number of aliphatic hydroxyl groups excluding tert-OH is 1. The standard InChI is InChI=1S/C24H28N6O6S/c1-15(23(31)17-12-29(2)14-25-17)37(32,33)13-20-27-28-24(16-8-6-11-21(26-16)36-5)30(20)22-18(34-3)9-7-10-19(22)35-4/h6-12,14-15,23,31H,13H2,1-5H3/t15-,23-/m0/s1. The average molecular weight is 529 g/mol. The maximum absolute atomic E-state index is 13.5. The molecule has 3 aromatic heterocycles. The highest BCUT2D eigenvalue weighted by Gasteiger charge is 2.34. The number of para-hydroxylation sites is 1. The number of imidazole rings is 1. The Bertz CT molecular complexity index is 1480. The molecule has 4 rings (SSSR count). The second kappa shape index (κ2) is 10.6. The van der Waals surface area contributed by atoms with Crippen LogP contribution in [-0.2, 0) is 22.6 Å². The van der Waals surface area contributed by atoms with Gasteiger partial charge in [0, 0.05) is 19.3 Å². The molecule has 0 aliphatic carbocycles. The zero-order valence-electron chi connectivity index (χ0n) is 21.1. The second-order valence-corrected chi connectivity index (χ2v) is 10.6. The summed E-state index contributed by atoms with van der Waals surface area (Å²) in [7, 11) is 2.26. The first-order valence-electron chi connectivity index (χ1n) is 11.2. The van der Waals surface area contributed by atoms with E-state index in [4.69, 9.17) is 14.2 Å². The molecule has 13 heteroatoms. The summed E-state index contributed by atoms with van der Waals surface area (Å²) in [5, 5.41) is 18.1. The van der Waals surface area contributed by atoms with E-state index in [2.05, 4.69) is 20.2 Å². The summed E-state index contributed by atoms with van der Waals surface area (Å²) in [4.78, 5) is 8.54. The monoisotopic (exact) mass is 528 g/mol. The van der Waals surface area contributed by atoms with E-state index in [-0.39, 0.29) is 17.3 Å². The highest BCUT2D eigenvalue weighted by molar-refractivity contribution is 7.91. The minimum absolute atomic E-state index is 0.0856. The van der Waals surface area contributed by atoms with Crippen molar-refractivity contribution in [3.8, 4) is 34.6 Å². The van der Waals surface area contributed by atoms with Gasteiger partial charge in [0.15, 0.2) is 21.5 Å². The lowest BCUT2D eigenvalue weighted by molar-refractivity contribution is 0.171. The van der Waals surface area contributed by atoms with Gasteiger partial charge in [-0.15, -0.1) is 10.2 Å². The topological polar surface area (TPSA) is 143 Å². The number of hydrogen-bond donors (Lipinski definition) is 1. The second-order valence-electron chi connectivity index (χ2n) is 8.27. The van der Waals surface area contributed by atoms with Gasteiger partial charge in [0.05, 0.1) is 38.6 Å². The van der Waals surface area contributed by atoms with E-state index in [0.29, 0.717) is 28.8 Å². The normalized spacial score (nSPS) is 13.2. The summed E-state index contributed by atoms with van der Waals surface area (Å²) < 4.78 is 46.6. The number of nitrogens with zero attached hydrogens (tertiary/aromatic N) is 6. The maximum Gasteiger partial charge on any atom is 0.213 e. The van der Waals surface area contributed by atoms with Crippen molar-refractivity contribution in [1.29, 1.82) is 0 Å². The van der Waals surface area contributed by atoms with Crippen LogP contribution in [0.4, 0.5) is 0 Å². The third-order valence-electron chi connectivity index (χ3n) is 5.89. The molecule has 1 N–H and O–H groups in total. The summed E-state index contributed by atoms with van der Waals surface area (Å²) in [6.45, 7) is 1.43. The predicted molar refractivity (Wildman–Crippen MR) is 134 cm³/mol. The van der Waals surface area contributed by atoms with Crippen LogP contribution >= 0.6 is 0 Å². The summed E-state index contributed by atoms with van der Waals surface area (Å²) in [6, 6.07) is 10.3. The molecular weight excluding hydrogens is 500 g/mol. The van der Waals surface area contributed by atoms with Gasteiger partial charge in [-0.25, -0.2) is 18.4 Å². The highest BCUT2D eigenvalue weighted by Crippen LogP contribution is 2.37. The lowest BCUT2D eigenvalue weighted by Crippen LogP contribution is -2.28. The zero-order chi connectivity index (χ0) is 26.7. The van der Waals surface area contributed by atoms with Gasteiger partial charge in [0.1, 0.15) is 34.7 Å². The van der Waals surface area contributed by atoms with E-state index < -0.39 is 26.9 Å². The number of aryl methyl sites for hydroxylation is 1. The molecule has 0 spiro atoms. The predicted octanol–water partition coefficient (Wildman–Crippen LogP) is 2.13. The fraction of sp³-hybridized carbons (Fsp3) is 0.333. The molecule has 2 atom stereocenters. The molecule has 12 nitrogen and oxygen atoms in total. The van der Waals surface area contributed by atoms with Crippen molar-refractivity contribution in [2.45, 2.75) is 24.0 Å². The third-order valence-corrected chi connectivity index (χ3v) is 7.94. The number of aliphatic hydroxyl groups is 1. The summed E-state index contributed by atoms with van der Waals surface area (Å²) in [6.07, 6.45) is 1.74. The van der Waals surface area contributed by atoms with Gasteiger partial charge in [0.25, 0.3) is 0 Å². The molecule has 37 heavy (non-hydrogen) atoms. The Labute approximate surface area is 214 Å². The molecule has 0 amide bonds. The molecule has 0 radical (unpaired) electrons. The minimum atomic E-state index is -3.95. The Hall–Kier alpha value is -3.97. The van der Waals surface area contributed by atoms with Crippen molar-refractivity contribution in [1.82, 2.24) is 29.3 Å². The Morgan fingerprint density at radius 3 is 2.27 bits per heavy atom. The molecule has 3 heterocycles. The maximum atomic E-state index is 13.5. The molecule has 0 saturated carbocycles. The van der Waals surface area contributed by atoms with Gasteiger partial charge in [-0.1, -0.05) is 12.1 Å². The smallest absolute Gasteiger partial charge is 0.213 e. The number of methoxy groups -OCH3 is 3. The average Bonchev–Trinajstić information content (AvgIpc) is 3.52. The number of rotatable bonds is 10. The summed E-state index contributed by atoms with van der Waals surface area (Å²) >= 11 is 0. The van der Waals surface area contributed by atoms with Crippen molar-refractivity contribution >= 4 is 9.84 Å². The van der Waals surface area contributed by atoms with Crippen LogP contribution < -0.4 is 14.2 Å². The van der Waals surface area contributed by atoms with Crippen LogP contribution in [0.15, 0.2) is 48.9 Å². The molecular formula is C24H28N6O6S. The van der Waals surface area contributed by atoms with Gasteiger partial charge >= 0.3 is 0 Å². The summed E-state index contributed by atoms with van der Waals surface area (Å²) in [5.41, 5.74) is 1.05. The number of ether oxygens (including phenoxy) is 3. The van der Waals surface area contributed by atoms with Crippen LogP contribution in [0, 0.1) is 0 Å². The van der Waals surface area contributed by atoms with Crippen molar-refractivity contribution < 1.29 is 27.7 Å². The number of aromatic nitrogens is 6. The fourth-order valence-electron chi connectivity index (χ4n) is 3.85. The van der Waals surface area contributed by atoms with Crippen LogP contribution in [0.3, 0.4) is 0 Å². The quantitative estimate of drug-likeness (QED) is 0.325. The zero-order valence-corrected chi connectivity index (χ0v) is 21.9. The molecule has 0 aliphatic rings. The Balaban J connectivity index is 1.85. The van der Waals surface area contributed by atoms with E-state index in [0.717, 1.165) is 0 Å². The molecule has 0 bridgehead atoms. The van der Waals surface area contributed by atoms with E-state index >= 15 is 0 Å². The number of hydrogen-bond acceptors (Lipinski definition) is 10. The SMILES string of the molecule is COc1cccc(-c2nnc(CS(=O)(=O)[C@@H](C)[C@H](O)c3cn(C)cn3)n2-c2c(OC)cccc2OC)n1. The molecule has 4 aromatic rings. The first-order valence-corrected chi connectivity index (χ1v) is 13.0. The van der Waals surface area contributed by atoms with E-state index in [1.54, 1.807) is 54.2 Å². The largest absolute Gasteiger partial charge is 0.494 e. The van der Waals surface area contributed by atoms with E-state index in [1.807, 2.05) is 0 Å². The van der Waals surface area contributed by atoms with Gasteiger partial charge in [-0.2, -0.15) is 0 Å². The van der Waals surface area contributed by atoms with Crippen molar-refractivity contribution in [2.24, 2.45) is 7.05 Å². The third kappa shape index (κ3) is 5.13. The number of sulfone groups is 1. The highest BCUT2D eigenvalue weighted by atomic mass is 32.2. The Kier molecular flexibility index (Phi) is 7.45.